The number of aliphatic hydroxyl groups excluding tert-OH is 1. The first-order valence-corrected chi connectivity index (χ1v) is 6.48. The van der Waals surface area contributed by atoms with Crippen LogP contribution in [0.4, 0.5) is 4.79 Å². The quantitative estimate of drug-likeness (QED) is 0.872. The molecular formula is C14H19NO4. The third kappa shape index (κ3) is 3.94. The second-order valence-corrected chi connectivity index (χ2v) is 4.77. The second-order valence-electron chi connectivity index (χ2n) is 4.77. The van der Waals surface area contributed by atoms with Crippen LogP contribution in [0, 0.1) is 0 Å². The van der Waals surface area contributed by atoms with Gasteiger partial charge in [0.15, 0.2) is 0 Å². The Bertz CT molecular complexity index is 409. The van der Waals surface area contributed by atoms with E-state index in [1.165, 1.54) is 4.90 Å². The van der Waals surface area contributed by atoms with E-state index < -0.39 is 12.2 Å². The number of β-amino-alcohol motifs (C(OH)–C–C–N with tert-alkyl or cyclic N) is 1. The molecule has 2 rings (SSSR count). The van der Waals surface area contributed by atoms with Crippen molar-refractivity contribution in [1.29, 1.82) is 0 Å². The summed E-state index contributed by atoms with van der Waals surface area (Å²) < 4.78 is 5.72. The van der Waals surface area contributed by atoms with Crippen LogP contribution in [0.5, 0.6) is 0 Å². The summed E-state index contributed by atoms with van der Waals surface area (Å²) in [6, 6.07) is 9.75. The fourth-order valence-electron chi connectivity index (χ4n) is 2.26. The highest BCUT2D eigenvalue weighted by Crippen LogP contribution is 2.16. The third-order valence-corrected chi connectivity index (χ3v) is 3.33. The number of aliphatic hydroxyl groups is 1. The molecule has 2 atom stereocenters. The average Bonchev–Trinajstić information content (AvgIpc) is 2.60. The van der Waals surface area contributed by atoms with E-state index in [0.717, 1.165) is 5.56 Å². The molecule has 5 nitrogen and oxygen atoms in total. The molecule has 0 radical (unpaired) electrons. The molecule has 1 fully saturated rings. The molecule has 0 aliphatic carbocycles. The second kappa shape index (κ2) is 6.54. The predicted molar refractivity (Wildman–Crippen MR) is 69.9 cm³/mol. The Kier molecular flexibility index (Phi) is 4.76. The highest BCUT2D eigenvalue weighted by atomic mass is 16.5. The van der Waals surface area contributed by atoms with Gasteiger partial charge in [0.05, 0.1) is 25.4 Å². The van der Waals surface area contributed by atoms with Crippen molar-refractivity contribution in [2.24, 2.45) is 0 Å². The molecule has 1 aromatic rings. The minimum atomic E-state index is -0.984. The summed E-state index contributed by atoms with van der Waals surface area (Å²) in [5.74, 6) is 0. The molecule has 0 spiro atoms. The lowest BCUT2D eigenvalue weighted by Gasteiger charge is -2.23. The Morgan fingerprint density at radius 3 is 2.79 bits per heavy atom. The van der Waals surface area contributed by atoms with Gasteiger partial charge in [-0.15, -0.1) is 0 Å². The molecule has 0 unspecified atom stereocenters. The fourth-order valence-corrected chi connectivity index (χ4v) is 2.26. The SMILES string of the molecule is O=C(O)N1CCC[C@@H](OCc2ccccc2)[C@@H](O)C1. The van der Waals surface area contributed by atoms with Crippen LogP contribution in [0.2, 0.25) is 0 Å². The van der Waals surface area contributed by atoms with Gasteiger partial charge in [-0.25, -0.2) is 4.79 Å². The lowest BCUT2D eigenvalue weighted by atomic mass is 10.1. The Labute approximate surface area is 112 Å². The minimum Gasteiger partial charge on any atom is -0.465 e. The zero-order chi connectivity index (χ0) is 13.7. The fraction of sp³-hybridized carbons (Fsp3) is 0.500. The summed E-state index contributed by atoms with van der Waals surface area (Å²) >= 11 is 0. The summed E-state index contributed by atoms with van der Waals surface area (Å²) in [6.45, 7) is 1.02. The Balaban J connectivity index is 1.88. The number of nitrogens with zero attached hydrogens (tertiary/aromatic N) is 1. The Hall–Kier alpha value is -1.59. The molecule has 1 saturated heterocycles. The number of hydrogen-bond acceptors (Lipinski definition) is 3. The lowest BCUT2D eigenvalue weighted by Crippen LogP contribution is -2.39. The average molecular weight is 265 g/mol. The van der Waals surface area contributed by atoms with Crippen molar-refractivity contribution in [3.63, 3.8) is 0 Å². The van der Waals surface area contributed by atoms with Crippen molar-refractivity contribution in [1.82, 2.24) is 4.90 Å². The number of benzene rings is 1. The number of amides is 1. The van der Waals surface area contributed by atoms with E-state index in [1.807, 2.05) is 30.3 Å². The standard InChI is InChI=1S/C14H19NO4/c16-12-9-15(14(17)18)8-4-7-13(12)19-10-11-5-2-1-3-6-11/h1-3,5-6,12-13,16H,4,7-10H2,(H,17,18)/t12-,13+/m0/s1. The van der Waals surface area contributed by atoms with Gasteiger partial charge in [0, 0.05) is 6.54 Å². The van der Waals surface area contributed by atoms with Crippen molar-refractivity contribution in [2.75, 3.05) is 13.1 Å². The smallest absolute Gasteiger partial charge is 0.407 e. The molecule has 1 aliphatic rings. The first-order valence-electron chi connectivity index (χ1n) is 6.48. The molecule has 5 heteroatoms. The maximum absolute atomic E-state index is 10.9. The van der Waals surface area contributed by atoms with E-state index in [9.17, 15) is 9.90 Å². The Morgan fingerprint density at radius 1 is 1.37 bits per heavy atom. The van der Waals surface area contributed by atoms with E-state index in [1.54, 1.807) is 0 Å². The van der Waals surface area contributed by atoms with Gasteiger partial charge in [0.1, 0.15) is 0 Å². The summed E-state index contributed by atoms with van der Waals surface area (Å²) in [4.78, 5) is 12.2. The number of carboxylic acid groups (broad SMARTS) is 1. The van der Waals surface area contributed by atoms with Gasteiger partial charge in [-0.1, -0.05) is 30.3 Å². The zero-order valence-electron chi connectivity index (χ0n) is 10.7. The summed E-state index contributed by atoms with van der Waals surface area (Å²) in [5.41, 5.74) is 1.05. The molecular weight excluding hydrogens is 246 g/mol. The Morgan fingerprint density at radius 2 is 2.11 bits per heavy atom. The molecule has 0 saturated carbocycles. The van der Waals surface area contributed by atoms with Crippen LogP contribution in [0.1, 0.15) is 18.4 Å². The number of carbonyl (C=O) groups is 1. The maximum atomic E-state index is 10.9. The van der Waals surface area contributed by atoms with Crippen LogP contribution < -0.4 is 0 Å². The van der Waals surface area contributed by atoms with Gasteiger partial charge in [-0.05, 0) is 18.4 Å². The van der Waals surface area contributed by atoms with E-state index in [2.05, 4.69) is 0 Å². The molecule has 1 aromatic carbocycles. The molecule has 19 heavy (non-hydrogen) atoms. The van der Waals surface area contributed by atoms with Crippen molar-refractivity contribution in [3.8, 4) is 0 Å². The van der Waals surface area contributed by atoms with E-state index in [4.69, 9.17) is 9.84 Å². The zero-order valence-corrected chi connectivity index (χ0v) is 10.7. The molecule has 2 N–H and O–H groups in total. The molecule has 0 bridgehead atoms. The highest BCUT2D eigenvalue weighted by molar-refractivity contribution is 5.65. The molecule has 104 valence electrons. The number of hydrogen-bond donors (Lipinski definition) is 2. The lowest BCUT2D eigenvalue weighted by molar-refractivity contribution is -0.0493. The number of ether oxygens (including phenoxy) is 1. The van der Waals surface area contributed by atoms with Crippen molar-refractivity contribution in [3.05, 3.63) is 35.9 Å². The molecule has 1 aliphatic heterocycles. The van der Waals surface area contributed by atoms with Crippen LogP contribution in [0.15, 0.2) is 30.3 Å². The van der Waals surface area contributed by atoms with Gasteiger partial charge in [0.2, 0.25) is 0 Å². The summed E-state index contributed by atoms with van der Waals surface area (Å²) in [7, 11) is 0. The van der Waals surface area contributed by atoms with Crippen LogP contribution >= 0.6 is 0 Å². The summed E-state index contributed by atoms with van der Waals surface area (Å²) in [5, 5.41) is 19.0. The molecule has 0 aromatic heterocycles. The van der Waals surface area contributed by atoms with Gasteiger partial charge >= 0.3 is 6.09 Å². The van der Waals surface area contributed by atoms with E-state index in [-0.39, 0.29) is 12.6 Å². The predicted octanol–water partition coefficient (Wildman–Crippen LogP) is 1.71. The van der Waals surface area contributed by atoms with Gasteiger partial charge in [0.25, 0.3) is 0 Å². The van der Waals surface area contributed by atoms with Crippen molar-refractivity contribution >= 4 is 6.09 Å². The van der Waals surface area contributed by atoms with Crippen molar-refractivity contribution < 1.29 is 19.7 Å². The van der Waals surface area contributed by atoms with Crippen molar-refractivity contribution in [2.45, 2.75) is 31.7 Å². The van der Waals surface area contributed by atoms with E-state index >= 15 is 0 Å². The summed E-state index contributed by atoms with van der Waals surface area (Å²) in [6.07, 6.45) is -0.657. The minimum absolute atomic E-state index is 0.120. The number of likely N-dealkylation sites (tertiary alicyclic amines) is 1. The maximum Gasteiger partial charge on any atom is 0.407 e. The molecule has 1 amide bonds. The largest absolute Gasteiger partial charge is 0.465 e. The van der Waals surface area contributed by atoms with Crippen LogP contribution in [0.25, 0.3) is 0 Å². The first-order chi connectivity index (χ1) is 9.16. The monoisotopic (exact) mass is 265 g/mol. The van der Waals surface area contributed by atoms with Crippen LogP contribution in [-0.4, -0.2) is 46.5 Å². The van der Waals surface area contributed by atoms with Gasteiger partial charge in [-0.3, -0.25) is 0 Å². The molecule has 1 heterocycles. The van der Waals surface area contributed by atoms with Crippen LogP contribution in [0.3, 0.4) is 0 Å². The highest BCUT2D eigenvalue weighted by Gasteiger charge is 2.28. The normalized spacial score (nSPS) is 23.9. The topological polar surface area (TPSA) is 70.0 Å². The van der Waals surface area contributed by atoms with E-state index in [0.29, 0.717) is 26.0 Å². The van der Waals surface area contributed by atoms with Gasteiger partial charge < -0.3 is 19.8 Å². The van der Waals surface area contributed by atoms with Gasteiger partial charge in [-0.2, -0.15) is 0 Å². The van der Waals surface area contributed by atoms with Crippen LogP contribution in [-0.2, 0) is 11.3 Å². The third-order valence-electron chi connectivity index (χ3n) is 3.33. The first kappa shape index (κ1) is 13.8. The number of rotatable bonds is 3.